The van der Waals surface area contributed by atoms with Crippen LogP contribution in [0.2, 0.25) is 0 Å². The average Bonchev–Trinajstić information content (AvgIpc) is 3.48. The molecule has 0 bridgehead atoms. The Kier molecular flexibility index (Phi) is 3.88. The van der Waals surface area contributed by atoms with Crippen molar-refractivity contribution in [2.45, 2.75) is 31.8 Å². The standard InChI is InChI=1S/C23H23FN8O/c1-10-27-7-12(8-28-10)33-23-30-21-18-17-13(14(24)6-15(25-2)20(17)29-21)5-16-19-11(3-4-26-19)9-32(16)22(18)31-23/h6-8,11,16,19,25-26H,3-5,9H2,1-2H3,(H,29,30,31). The van der Waals surface area contributed by atoms with Gasteiger partial charge in [-0.25, -0.2) is 14.4 Å². The van der Waals surface area contributed by atoms with Crippen molar-refractivity contribution in [3.63, 3.8) is 0 Å². The number of hydrogen-bond donors (Lipinski definition) is 3. The zero-order valence-electron chi connectivity index (χ0n) is 18.3. The Morgan fingerprint density at radius 3 is 2.88 bits per heavy atom. The summed E-state index contributed by atoms with van der Waals surface area (Å²) < 4.78 is 21.4. The highest BCUT2D eigenvalue weighted by Crippen LogP contribution is 2.46. The van der Waals surface area contributed by atoms with E-state index >= 15 is 4.39 Å². The highest BCUT2D eigenvalue weighted by Gasteiger charge is 2.47. The fourth-order valence-corrected chi connectivity index (χ4v) is 5.86. The van der Waals surface area contributed by atoms with Gasteiger partial charge in [0.1, 0.15) is 23.1 Å². The van der Waals surface area contributed by atoms with Gasteiger partial charge < -0.3 is 25.3 Å². The fraction of sp³-hybridized carbons (Fsp3) is 0.391. The van der Waals surface area contributed by atoms with Crippen molar-refractivity contribution in [3.05, 3.63) is 35.7 Å². The molecule has 10 heteroatoms. The lowest BCUT2D eigenvalue weighted by atomic mass is 9.94. The molecule has 3 aliphatic heterocycles. The molecule has 0 radical (unpaired) electrons. The number of H-pyrrole nitrogens is 1. The van der Waals surface area contributed by atoms with Crippen LogP contribution in [0.4, 0.5) is 15.9 Å². The number of fused-ring (bicyclic) bond motifs is 4. The summed E-state index contributed by atoms with van der Waals surface area (Å²) in [7, 11) is 1.79. The van der Waals surface area contributed by atoms with Crippen molar-refractivity contribution in [1.29, 1.82) is 0 Å². The molecule has 33 heavy (non-hydrogen) atoms. The van der Waals surface area contributed by atoms with Gasteiger partial charge in [0.2, 0.25) is 0 Å². The summed E-state index contributed by atoms with van der Waals surface area (Å²) in [6.45, 7) is 3.70. The second-order valence-electron chi connectivity index (χ2n) is 9.08. The van der Waals surface area contributed by atoms with Crippen molar-refractivity contribution in [3.8, 4) is 11.8 Å². The second kappa shape index (κ2) is 6.74. The number of aromatic nitrogens is 5. The Bertz CT molecular complexity index is 1420. The van der Waals surface area contributed by atoms with Gasteiger partial charge in [-0.3, -0.25) is 0 Å². The van der Waals surface area contributed by atoms with Gasteiger partial charge >= 0.3 is 6.01 Å². The van der Waals surface area contributed by atoms with E-state index < -0.39 is 0 Å². The van der Waals surface area contributed by atoms with Gasteiger partial charge in [-0.15, -0.1) is 0 Å². The molecule has 4 aromatic rings. The van der Waals surface area contributed by atoms with Crippen LogP contribution in [0.15, 0.2) is 18.5 Å². The number of nitrogens with zero attached hydrogens (tertiary/aromatic N) is 5. The molecular formula is C23H23FN8O. The van der Waals surface area contributed by atoms with Crippen LogP contribution in [0, 0.1) is 18.7 Å². The summed E-state index contributed by atoms with van der Waals surface area (Å²) in [4.78, 5) is 23.7. The van der Waals surface area contributed by atoms with Crippen molar-refractivity contribution >= 4 is 33.4 Å². The first-order valence-electron chi connectivity index (χ1n) is 11.3. The molecule has 3 atom stereocenters. The van der Waals surface area contributed by atoms with E-state index in [0.717, 1.165) is 47.2 Å². The van der Waals surface area contributed by atoms with Gasteiger partial charge in [-0.1, -0.05) is 0 Å². The van der Waals surface area contributed by atoms with E-state index in [4.69, 9.17) is 9.72 Å². The Balaban J connectivity index is 1.48. The van der Waals surface area contributed by atoms with E-state index in [-0.39, 0.29) is 17.9 Å². The molecule has 168 valence electrons. The highest BCUT2D eigenvalue weighted by atomic mass is 19.1. The van der Waals surface area contributed by atoms with Gasteiger partial charge in [0.15, 0.2) is 5.75 Å². The van der Waals surface area contributed by atoms with Crippen LogP contribution >= 0.6 is 0 Å². The van der Waals surface area contributed by atoms with Gasteiger partial charge in [0.25, 0.3) is 0 Å². The molecule has 2 saturated heterocycles. The minimum atomic E-state index is -0.195. The van der Waals surface area contributed by atoms with Crippen molar-refractivity contribution in [2.75, 3.05) is 30.4 Å². The van der Waals surface area contributed by atoms with E-state index in [1.165, 1.54) is 0 Å². The summed E-state index contributed by atoms with van der Waals surface area (Å²) >= 11 is 0. The van der Waals surface area contributed by atoms with Gasteiger partial charge in [0.05, 0.1) is 35.0 Å². The van der Waals surface area contributed by atoms with Gasteiger partial charge in [0, 0.05) is 30.6 Å². The lowest BCUT2D eigenvalue weighted by Crippen LogP contribution is -2.43. The highest BCUT2D eigenvalue weighted by molar-refractivity contribution is 6.16. The number of nitrogens with one attached hydrogen (secondary N) is 3. The number of hydrogen-bond acceptors (Lipinski definition) is 8. The molecule has 3 aliphatic rings. The number of aromatic amines is 1. The van der Waals surface area contributed by atoms with Crippen LogP contribution in [0.3, 0.4) is 0 Å². The first-order valence-corrected chi connectivity index (χ1v) is 11.3. The number of halogens is 1. The number of rotatable bonds is 3. The summed E-state index contributed by atoms with van der Waals surface area (Å²) in [5.74, 6) is 2.25. The van der Waals surface area contributed by atoms with Crippen LogP contribution in [0.5, 0.6) is 11.8 Å². The minimum absolute atomic E-state index is 0.122. The summed E-state index contributed by atoms with van der Waals surface area (Å²) in [5, 5.41) is 8.48. The molecule has 7 rings (SSSR count). The van der Waals surface area contributed by atoms with Crippen LogP contribution in [-0.2, 0) is 6.42 Å². The first kappa shape index (κ1) is 19.0. The molecule has 3 aromatic heterocycles. The van der Waals surface area contributed by atoms with Crippen LogP contribution in [-0.4, -0.2) is 57.1 Å². The quantitative estimate of drug-likeness (QED) is 0.441. The van der Waals surface area contributed by atoms with E-state index in [1.807, 2.05) is 6.92 Å². The van der Waals surface area contributed by atoms with E-state index in [2.05, 4.69) is 35.5 Å². The molecule has 0 saturated carbocycles. The third-order valence-electron chi connectivity index (χ3n) is 7.31. The van der Waals surface area contributed by atoms with Gasteiger partial charge in [-0.2, -0.15) is 9.97 Å². The normalized spacial score (nSPS) is 23.2. The van der Waals surface area contributed by atoms with Crippen molar-refractivity contribution < 1.29 is 9.13 Å². The Morgan fingerprint density at radius 1 is 1.21 bits per heavy atom. The molecule has 3 unspecified atom stereocenters. The lowest BCUT2D eigenvalue weighted by Gasteiger charge is -2.28. The lowest BCUT2D eigenvalue weighted by molar-refractivity contribution is 0.438. The van der Waals surface area contributed by atoms with Crippen molar-refractivity contribution in [1.82, 2.24) is 30.2 Å². The first-order chi connectivity index (χ1) is 16.1. The maximum Gasteiger partial charge on any atom is 0.326 e. The topological polar surface area (TPSA) is 104 Å². The summed E-state index contributed by atoms with van der Waals surface area (Å²) in [6.07, 6.45) is 4.95. The predicted octanol–water partition coefficient (Wildman–Crippen LogP) is 2.91. The summed E-state index contributed by atoms with van der Waals surface area (Å²) in [5.41, 5.74) is 2.89. The summed E-state index contributed by atoms with van der Waals surface area (Å²) in [6, 6.07) is 2.23. The maximum absolute atomic E-state index is 15.4. The molecule has 1 aromatic carbocycles. The van der Waals surface area contributed by atoms with E-state index in [9.17, 15) is 0 Å². The van der Waals surface area contributed by atoms with E-state index in [0.29, 0.717) is 41.3 Å². The fourth-order valence-electron chi connectivity index (χ4n) is 5.86. The van der Waals surface area contributed by atoms with E-state index in [1.54, 1.807) is 25.5 Å². The number of aryl methyl sites for hydroxylation is 1. The Labute approximate surface area is 188 Å². The smallest absolute Gasteiger partial charge is 0.326 e. The number of ether oxygens (including phenoxy) is 1. The Morgan fingerprint density at radius 2 is 2.06 bits per heavy atom. The number of anilines is 2. The van der Waals surface area contributed by atoms with Gasteiger partial charge in [-0.05, 0) is 38.3 Å². The maximum atomic E-state index is 15.4. The average molecular weight is 446 g/mol. The molecular weight excluding hydrogens is 423 g/mol. The third-order valence-corrected chi connectivity index (χ3v) is 7.31. The molecule has 2 fully saturated rings. The Hall–Kier alpha value is -3.53. The molecule has 0 amide bonds. The zero-order chi connectivity index (χ0) is 22.3. The van der Waals surface area contributed by atoms with Crippen molar-refractivity contribution in [2.24, 2.45) is 5.92 Å². The molecule has 6 heterocycles. The predicted molar refractivity (Wildman–Crippen MR) is 122 cm³/mol. The zero-order valence-corrected chi connectivity index (χ0v) is 18.3. The molecule has 9 nitrogen and oxygen atoms in total. The molecule has 0 aliphatic carbocycles. The third kappa shape index (κ3) is 2.67. The van der Waals surface area contributed by atoms with Crippen LogP contribution in [0.25, 0.3) is 21.9 Å². The SMILES string of the molecule is CNc1cc(F)c2c3c1[nH]c1nc(Oc4cnc(C)nc4)nc(c13)N1CC3CCNC3C1C2. The number of benzene rings is 1. The second-order valence-corrected chi connectivity index (χ2v) is 9.08. The monoisotopic (exact) mass is 446 g/mol. The largest absolute Gasteiger partial charge is 0.421 e. The molecule has 0 spiro atoms. The van der Waals surface area contributed by atoms with Crippen LogP contribution < -0.4 is 20.3 Å². The minimum Gasteiger partial charge on any atom is -0.421 e. The van der Waals surface area contributed by atoms with Crippen LogP contribution in [0.1, 0.15) is 17.8 Å². The molecule has 3 N–H and O–H groups in total.